The van der Waals surface area contributed by atoms with Gasteiger partial charge in [-0.15, -0.1) is 11.3 Å². The molecule has 0 saturated heterocycles. The number of thiazole rings is 1. The van der Waals surface area contributed by atoms with Gasteiger partial charge in [0.2, 0.25) is 0 Å². The number of fused-ring (bicyclic) bond motifs is 1. The number of aromatic nitrogens is 1. The minimum absolute atomic E-state index is 0.672. The lowest BCUT2D eigenvalue weighted by Gasteiger charge is -2.09. The second-order valence-electron chi connectivity index (χ2n) is 5.29. The van der Waals surface area contributed by atoms with E-state index in [1.807, 2.05) is 36.5 Å². The van der Waals surface area contributed by atoms with E-state index in [9.17, 15) is 0 Å². The third-order valence-electron chi connectivity index (χ3n) is 3.53. The number of nitrogens with zero attached hydrogens (tertiary/aromatic N) is 1. The number of hydrogen-bond donors (Lipinski definition) is 1. The predicted octanol–water partition coefficient (Wildman–Crippen LogP) is 3.76. The number of ether oxygens (including phenoxy) is 1. The molecule has 0 radical (unpaired) electrons. The molecule has 21 heavy (non-hydrogen) atoms. The highest BCUT2D eigenvalue weighted by Gasteiger charge is 2.14. The molecule has 0 fully saturated rings. The average molecular weight is 323 g/mol. The topological polar surface area (TPSA) is 34.1 Å². The van der Waals surface area contributed by atoms with Crippen LogP contribution in [-0.4, -0.2) is 18.1 Å². The molecule has 1 N–H and O–H groups in total. The van der Waals surface area contributed by atoms with Gasteiger partial charge in [0.25, 0.3) is 0 Å². The van der Waals surface area contributed by atoms with Gasteiger partial charge in [0.1, 0.15) is 5.75 Å². The summed E-state index contributed by atoms with van der Waals surface area (Å²) in [6.45, 7) is 4.73. The molecular formula is C16H19ClN2OS. The molecule has 1 aromatic heterocycles. The zero-order valence-electron chi connectivity index (χ0n) is 12.1. The van der Waals surface area contributed by atoms with Crippen molar-refractivity contribution in [3.8, 4) is 5.75 Å². The molecule has 0 saturated carbocycles. The molecule has 0 aliphatic carbocycles. The molecule has 112 valence electrons. The summed E-state index contributed by atoms with van der Waals surface area (Å²) in [5.74, 6) is 0.777. The lowest BCUT2D eigenvalue weighted by molar-refractivity contribution is 0.311. The van der Waals surface area contributed by atoms with Crippen LogP contribution in [0.3, 0.4) is 0 Å². The third-order valence-corrected chi connectivity index (χ3v) is 5.00. The zero-order chi connectivity index (χ0) is 14.7. The van der Waals surface area contributed by atoms with Gasteiger partial charge >= 0.3 is 0 Å². The second-order valence-corrected chi connectivity index (χ2v) is 6.87. The highest BCUT2D eigenvalue weighted by Crippen LogP contribution is 2.26. The van der Waals surface area contributed by atoms with Crippen molar-refractivity contribution in [2.75, 3.05) is 13.2 Å². The van der Waals surface area contributed by atoms with Crippen molar-refractivity contribution in [2.24, 2.45) is 0 Å². The largest absolute Gasteiger partial charge is 0.492 e. The van der Waals surface area contributed by atoms with E-state index in [1.165, 1.54) is 15.6 Å². The Morgan fingerprint density at radius 3 is 3.19 bits per heavy atom. The van der Waals surface area contributed by atoms with E-state index in [0.717, 1.165) is 43.7 Å². The van der Waals surface area contributed by atoms with Crippen molar-refractivity contribution in [1.82, 2.24) is 10.3 Å². The molecule has 0 spiro atoms. The first kappa shape index (κ1) is 14.8. The standard InChI is InChI=1S/C16H19ClN2OS/c1-11-4-5-12(17)14(9-11)20-8-2-3-16-19-13-6-7-18-10-15(13)21-16/h4-5,9,18H,2-3,6-8,10H2,1H3. The van der Waals surface area contributed by atoms with Crippen LogP contribution in [0.1, 0.15) is 27.6 Å². The summed E-state index contributed by atoms with van der Waals surface area (Å²) in [6, 6.07) is 5.85. The molecule has 5 heteroatoms. The van der Waals surface area contributed by atoms with Gasteiger partial charge in [-0.25, -0.2) is 4.98 Å². The minimum atomic E-state index is 0.672. The highest BCUT2D eigenvalue weighted by molar-refractivity contribution is 7.11. The van der Waals surface area contributed by atoms with Crippen molar-refractivity contribution < 1.29 is 4.74 Å². The van der Waals surface area contributed by atoms with Crippen LogP contribution in [0, 0.1) is 6.92 Å². The molecular weight excluding hydrogens is 304 g/mol. The first-order valence-corrected chi connectivity index (χ1v) is 8.49. The van der Waals surface area contributed by atoms with E-state index in [1.54, 1.807) is 0 Å². The third kappa shape index (κ3) is 3.76. The fourth-order valence-electron chi connectivity index (χ4n) is 2.41. The van der Waals surface area contributed by atoms with Gasteiger partial charge in [0, 0.05) is 30.8 Å². The van der Waals surface area contributed by atoms with Crippen molar-refractivity contribution in [2.45, 2.75) is 32.7 Å². The Kier molecular flexibility index (Phi) is 4.78. The number of hydrogen-bond acceptors (Lipinski definition) is 4. The summed E-state index contributed by atoms with van der Waals surface area (Å²) in [5, 5.41) is 5.29. The van der Waals surface area contributed by atoms with E-state index >= 15 is 0 Å². The molecule has 2 aromatic rings. The number of aryl methyl sites for hydroxylation is 2. The van der Waals surface area contributed by atoms with Crippen molar-refractivity contribution in [3.05, 3.63) is 44.4 Å². The van der Waals surface area contributed by atoms with E-state index in [2.05, 4.69) is 5.32 Å². The van der Waals surface area contributed by atoms with Gasteiger partial charge in [0.05, 0.1) is 22.3 Å². The zero-order valence-corrected chi connectivity index (χ0v) is 13.7. The average Bonchev–Trinajstić information content (AvgIpc) is 2.89. The summed E-state index contributed by atoms with van der Waals surface area (Å²) in [6.07, 6.45) is 2.99. The van der Waals surface area contributed by atoms with Crippen molar-refractivity contribution >= 4 is 22.9 Å². The van der Waals surface area contributed by atoms with Crippen molar-refractivity contribution in [3.63, 3.8) is 0 Å². The van der Waals surface area contributed by atoms with Crippen LogP contribution < -0.4 is 10.1 Å². The predicted molar refractivity (Wildman–Crippen MR) is 87.5 cm³/mol. The first-order valence-electron chi connectivity index (χ1n) is 7.29. The Morgan fingerprint density at radius 2 is 2.33 bits per heavy atom. The maximum Gasteiger partial charge on any atom is 0.138 e. The fraction of sp³-hybridized carbons (Fsp3) is 0.438. The monoisotopic (exact) mass is 322 g/mol. The normalized spacial score (nSPS) is 14.0. The molecule has 3 rings (SSSR count). The molecule has 1 aliphatic rings. The number of benzene rings is 1. The quantitative estimate of drug-likeness (QED) is 0.851. The highest BCUT2D eigenvalue weighted by atomic mass is 35.5. The summed E-state index contributed by atoms with van der Waals surface area (Å²) >= 11 is 7.95. The van der Waals surface area contributed by atoms with Crippen LogP contribution in [0.25, 0.3) is 0 Å². The SMILES string of the molecule is Cc1ccc(Cl)c(OCCCc2nc3c(s2)CNCC3)c1. The van der Waals surface area contributed by atoms with E-state index in [-0.39, 0.29) is 0 Å². The molecule has 1 aromatic carbocycles. The molecule has 0 amide bonds. The van der Waals surface area contributed by atoms with Gasteiger partial charge in [0.15, 0.2) is 0 Å². The van der Waals surface area contributed by atoms with Gasteiger partial charge < -0.3 is 10.1 Å². The minimum Gasteiger partial charge on any atom is -0.492 e. The molecule has 0 unspecified atom stereocenters. The Hall–Kier alpha value is -1.10. The van der Waals surface area contributed by atoms with Crippen LogP contribution in [0.15, 0.2) is 18.2 Å². The fourth-order valence-corrected chi connectivity index (χ4v) is 3.71. The van der Waals surface area contributed by atoms with Crippen LogP contribution in [-0.2, 0) is 19.4 Å². The smallest absolute Gasteiger partial charge is 0.138 e. The van der Waals surface area contributed by atoms with E-state index in [0.29, 0.717) is 11.6 Å². The van der Waals surface area contributed by atoms with Gasteiger partial charge in [-0.05, 0) is 31.0 Å². The molecule has 1 aliphatic heterocycles. The maximum absolute atomic E-state index is 6.12. The summed E-state index contributed by atoms with van der Waals surface area (Å²) < 4.78 is 5.77. The molecule has 0 atom stereocenters. The lowest BCUT2D eigenvalue weighted by atomic mass is 10.2. The summed E-state index contributed by atoms with van der Waals surface area (Å²) in [7, 11) is 0. The Morgan fingerprint density at radius 1 is 1.43 bits per heavy atom. The van der Waals surface area contributed by atoms with Gasteiger partial charge in [-0.3, -0.25) is 0 Å². The van der Waals surface area contributed by atoms with Crippen LogP contribution in [0.5, 0.6) is 5.75 Å². The van der Waals surface area contributed by atoms with Crippen LogP contribution in [0.4, 0.5) is 0 Å². The summed E-state index contributed by atoms with van der Waals surface area (Å²) in [5.41, 5.74) is 2.45. The number of rotatable bonds is 5. The van der Waals surface area contributed by atoms with Crippen LogP contribution in [0.2, 0.25) is 5.02 Å². The van der Waals surface area contributed by atoms with E-state index < -0.39 is 0 Å². The lowest BCUT2D eigenvalue weighted by Crippen LogP contribution is -2.22. The molecule has 2 heterocycles. The first-order chi connectivity index (χ1) is 10.2. The maximum atomic E-state index is 6.12. The van der Waals surface area contributed by atoms with Gasteiger partial charge in [-0.1, -0.05) is 17.7 Å². The van der Waals surface area contributed by atoms with Crippen LogP contribution >= 0.6 is 22.9 Å². The van der Waals surface area contributed by atoms with E-state index in [4.69, 9.17) is 21.3 Å². The molecule has 3 nitrogen and oxygen atoms in total. The van der Waals surface area contributed by atoms with Gasteiger partial charge in [-0.2, -0.15) is 0 Å². The Labute approximate surface area is 134 Å². The number of nitrogens with one attached hydrogen (secondary N) is 1. The number of halogens is 1. The Balaban J connectivity index is 1.50. The second kappa shape index (κ2) is 6.77. The van der Waals surface area contributed by atoms with Crippen molar-refractivity contribution in [1.29, 1.82) is 0 Å². The summed E-state index contributed by atoms with van der Waals surface area (Å²) in [4.78, 5) is 6.13. The Bertz CT molecular complexity index is 603. The molecule has 0 bridgehead atoms.